The summed E-state index contributed by atoms with van der Waals surface area (Å²) in [5.41, 5.74) is 5.99. The van der Waals surface area contributed by atoms with Crippen LogP contribution in [0, 0.1) is 13.8 Å². The number of hydrogen-bond donors (Lipinski definition) is 0. The lowest BCUT2D eigenvalue weighted by atomic mass is 9.94. The first-order valence-electron chi connectivity index (χ1n) is 9.11. The van der Waals surface area contributed by atoms with Crippen molar-refractivity contribution in [1.82, 2.24) is 4.90 Å². The van der Waals surface area contributed by atoms with Crippen LogP contribution in [-0.4, -0.2) is 17.5 Å². The van der Waals surface area contributed by atoms with Gasteiger partial charge in [-0.25, -0.2) is 0 Å². The Morgan fingerprint density at radius 2 is 1.86 bits per heavy atom. The summed E-state index contributed by atoms with van der Waals surface area (Å²) < 4.78 is 0. The smallest absolute Gasteiger partial charge is 0.0279 e. The van der Waals surface area contributed by atoms with E-state index in [1.54, 1.807) is 11.1 Å². The van der Waals surface area contributed by atoms with Gasteiger partial charge >= 0.3 is 0 Å². The summed E-state index contributed by atoms with van der Waals surface area (Å²) in [5.74, 6) is 0. The Kier molecular flexibility index (Phi) is 6.70. The minimum atomic E-state index is 0.568. The monoisotopic (exact) mass is 299 g/mol. The van der Waals surface area contributed by atoms with E-state index in [2.05, 4.69) is 50.5 Å². The molecule has 0 saturated carbocycles. The first kappa shape index (κ1) is 17.3. The van der Waals surface area contributed by atoms with Gasteiger partial charge in [-0.05, 0) is 68.3 Å². The van der Waals surface area contributed by atoms with E-state index in [1.807, 2.05) is 0 Å². The molecule has 1 atom stereocenters. The molecule has 0 N–H and O–H groups in total. The largest absolute Gasteiger partial charge is 0.293 e. The topological polar surface area (TPSA) is 3.24 Å². The van der Waals surface area contributed by atoms with Gasteiger partial charge in [0.05, 0.1) is 0 Å². The highest BCUT2D eigenvalue weighted by atomic mass is 15.2. The van der Waals surface area contributed by atoms with Gasteiger partial charge in [-0.1, -0.05) is 44.4 Å². The van der Waals surface area contributed by atoms with Crippen molar-refractivity contribution in [2.45, 2.75) is 78.3 Å². The summed E-state index contributed by atoms with van der Waals surface area (Å²) in [6.45, 7) is 13.1. The highest BCUT2D eigenvalue weighted by Gasteiger charge is 2.20. The van der Waals surface area contributed by atoms with E-state index < -0.39 is 0 Å². The standard InChI is InChI=1S/C21H33N/c1-5-7-8-11-19-14-17(3)18(4)15-20(19)16-22-13-10-9-12-21(22)6-2/h6,14-15,21H,2,5,7-13,16H2,1,3-4H3/t21-/m1/s1. The predicted octanol–water partition coefficient (Wildman–Crippen LogP) is 5.58. The van der Waals surface area contributed by atoms with Crippen LogP contribution in [0.25, 0.3) is 0 Å². The first-order chi connectivity index (χ1) is 10.7. The Labute approximate surface area is 137 Å². The van der Waals surface area contributed by atoms with Gasteiger partial charge in [-0.15, -0.1) is 6.58 Å². The normalized spacial score (nSPS) is 19.3. The Hall–Kier alpha value is -1.08. The molecule has 0 spiro atoms. The van der Waals surface area contributed by atoms with Crippen LogP contribution in [0.15, 0.2) is 24.8 Å². The lowest BCUT2D eigenvalue weighted by Gasteiger charge is -2.34. The number of rotatable bonds is 7. The first-order valence-corrected chi connectivity index (χ1v) is 9.11. The van der Waals surface area contributed by atoms with Crippen molar-refractivity contribution in [1.29, 1.82) is 0 Å². The van der Waals surface area contributed by atoms with Gasteiger partial charge in [-0.3, -0.25) is 4.90 Å². The van der Waals surface area contributed by atoms with Crippen LogP contribution in [0.3, 0.4) is 0 Å². The molecular formula is C21H33N. The van der Waals surface area contributed by atoms with E-state index in [4.69, 9.17) is 0 Å². The summed E-state index contributed by atoms with van der Waals surface area (Å²) in [4.78, 5) is 2.63. The zero-order valence-corrected chi connectivity index (χ0v) is 14.8. The van der Waals surface area contributed by atoms with Crippen molar-refractivity contribution in [2.24, 2.45) is 0 Å². The van der Waals surface area contributed by atoms with E-state index in [1.165, 1.54) is 62.6 Å². The van der Waals surface area contributed by atoms with Crippen LogP contribution in [-0.2, 0) is 13.0 Å². The second-order valence-corrected chi connectivity index (χ2v) is 6.93. The fourth-order valence-electron chi connectivity index (χ4n) is 3.58. The minimum Gasteiger partial charge on any atom is -0.293 e. The number of hydrogen-bond acceptors (Lipinski definition) is 1. The number of likely N-dealkylation sites (tertiary alicyclic amines) is 1. The third kappa shape index (κ3) is 4.46. The van der Waals surface area contributed by atoms with Crippen LogP contribution < -0.4 is 0 Å². The summed E-state index contributed by atoms with van der Waals surface area (Å²) in [6.07, 6.45) is 11.3. The molecule has 1 fully saturated rings. The Morgan fingerprint density at radius 3 is 2.55 bits per heavy atom. The summed E-state index contributed by atoms with van der Waals surface area (Å²) in [5, 5.41) is 0. The molecule has 0 unspecified atom stereocenters. The van der Waals surface area contributed by atoms with Crippen LogP contribution in [0.1, 0.15) is 67.7 Å². The molecule has 1 aliphatic rings. The predicted molar refractivity (Wildman–Crippen MR) is 97.4 cm³/mol. The molecule has 1 heteroatoms. The average Bonchev–Trinajstić information content (AvgIpc) is 2.52. The number of aryl methyl sites for hydroxylation is 3. The van der Waals surface area contributed by atoms with Crippen molar-refractivity contribution in [3.63, 3.8) is 0 Å². The minimum absolute atomic E-state index is 0.568. The third-order valence-electron chi connectivity index (χ3n) is 5.18. The van der Waals surface area contributed by atoms with E-state index in [-0.39, 0.29) is 0 Å². The molecule has 122 valence electrons. The SMILES string of the molecule is C=C[C@@H]1CCCCN1Cc1cc(C)c(C)cc1CCCCC. The van der Waals surface area contributed by atoms with Gasteiger partial charge in [0.2, 0.25) is 0 Å². The molecule has 22 heavy (non-hydrogen) atoms. The van der Waals surface area contributed by atoms with Gasteiger partial charge in [0, 0.05) is 12.6 Å². The van der Waals surface area contributed by atoms with Crippen LogP contribution in [0.4, 0.5) is 0 Å². The molecule has 0 aliphatic carbocycles. The molecule has 1 aromatic carbocycles. The molecule has 0 amide bonds. The Bertz CT molecular complexity index is 489. The highest BCUT2D eigenvalue weighted by Crippen LogP contribution is 2.24. The maximum atomic E-state index is 4.05. The lowest BCUT2D eigenvalue weighted by Crippen LogP contribution is -2.37. The molecule has 1 heterocycles. The van der Waals surface area contributed by atoms with Gasteiger partial charge in [0.25, 0.3) is 0 Å². The third-order valence-corrected chi connectivity index (χ3v) is 5.18. The fourth-order valence-corrected chi connectivity index (χ4v) is 3.58. The summed E-state index contributed by atoms with van der Waals surface area (Å²) >= 11 is 0. The zero-order valence-electron chi connectivity index (χ0n) is 14.8. The van der Waals surface area contributed by atoms with E-state index >= 15 is 0 Å². The van der Waals surface area contributed by atoms with E-state index in [9.17, 15) is 0 Å². The molecule has 1 nitrogen and oxygen atoms in total. The highest BCUT2D eigenvalue weighted by molar-refractivity contribution is 5.37. The number of nitrogens with zero attached hydrogens (tertiary/aromatic N) is 1. The van der Waals surface area contributed by atoms with Gasteiger partial charge in [0.15, 0.2) is 0 Å². The van der Waals surface area contributed by atoms with Crippen LogP contribution >= 0.6 is 0 Å². The van der Waals surface area contributed by atoms with Gasteiger partial charge < -0.3 is 0 Å². The quantitative estimate of drug-likeness (QED) is 0.469. The molecule has 0 radical (unpaired) electrons. The molecule has 0 aromatic heterocycles. The van der Waals surface area contributed by atoms with E-state index in [0.717, 1.165) is 6.54 Å². The van der Waals surface area contributed by atoms with Gasteiger partial charge in [-0.2, -0.15) is 0 Å². The number of piperidine rings is 1. The summed E-state index contributed by atoms with van der Waals surface area (Å²) in [6, 6.07) is 5.44. The average molecular weight is 300 g/mol. The lowest BCUT2D eigenvalue weighted by molar-refractivity contribution is 0.171. The van der Waals surface area contributed by atoms with Crippen LogP contribution in [0.2, 0.25) is 0 Å². The molecule has 1 saturated heterocycles. The maximum absolute atomic E-state index is 4.05. The second-order valence-electron chi connectivity index (χ2n) is 6.93. The Balaban J connectivity index is 2.16. The van der Waals surface area contributed by atoms with Crippen molar-refractivity contribution in [3.8, 4) is 0 Å². The van der Waals surface area contributed by atoms with E-state index in [0.29, 0.717) is 6.04 Å². The van der Waals surface area contributed by atoms with Crippen LogP contribution in [0.5, 0.6) is 0 Å². The summed E-state index contributed by atoms with van der Waals surface area (Å²) in [7, 11) is 0. The molecular weight excluding hydrogens is 266 g/mol. The number of unbranched alkanes of at least 4 members (excludes halogenated alkanes) is 2. The Morgan fingerprint density at radius 1 is 1.14 bits per heavy atom. The van der Waals surface area contributed by atoms with Gasteiger partial charge in [0.1, 0.15) is 0 Å². The van der Waals surface area contributed by atoms with Crippen molar-refractivity contribution in [2.75, 3.05) is 6.54 Å². The molecule has 1 aliphatic heterocycles. The zero-order chi connectivity index (χ0) is 15.9. The van der Waals surface area contributed by atoms with Crippen molar-refractivity contribution >= 4 is 0 Å². The van der Waals surface area contributed by atoms with Crippen molar-refractivity contribution < 1.29 is 0 Å². The maximum Gasteiger partial charge on any atom is 0.0279 e. The molecule has 1 aromatic rings. The second kappa shape index (κ2) is 8.53. The van der Waals surface area contributed by atoms with Crippen molar-refractivity contribution in [3.05, 3.63) is 47.0 Å². The molecule has 0 bridgehead atoms. The molecule has 2 rings (SSSR count). The fraction of sp³-hybridized carbons (Fsp3) is 0.619. The number of benzene rings is 1.